The van der Waals surface area contributed by atoms with Gasteiger partial charge < -0.3 is 10.1 Å². The highest BCUT2D eigenvalue weighted by molar-refractivity contribution is 7.91. The Hall–Kier alpha value is -1.56. The smallest absolute Gasteiger partial charge is 0.251 e. The number of carbonyl (C=O) groups is 1. The summed E-state index contributed by atoms with van der Waals surface area (Å²) in [4.78, 5) is 11.9. The first-order valence-electron chi connectivity index (χ1n) is 6.13. The van der Waals surface area contributed by atoms with Crippen LogP contribution in [0.4, 0.5) is 0 Å². The molecule has 2 rings (SSSR count). The molecule has 1 N–H and O–H groups in total. The van der Waals surface area contributed by atoms with Crippen LogP contribution in [0, 0.1) is 5.92 Å². The average molecular weight is 283 g/mol. The maximum Gasteiger partial charge on any atom is 0.251 e. The third-order valence-electron chi connectivity index (χ3n) is 3.21. The van der Waals surface area contributed by atoms with Gasteiger partial charge in [-0.2, -0.15) is 0 Å². The molecule has 1 saturated heterocycles. The summed E-state index contributed by atoms with van der Waals surface area (Å²) in [5.41, 5.74) is 0.514. The summed E-state index contributed by atoms with van der Waals surface area (Å²) in [6.45, 7) is 0.398. The normalized spacial score (nSPS) is 21.0. The molecule has 0 aliphatic carbocycles. The molecule has 1 heterocycles. The topological polar surface area (TPSA) is 72.5 Å². The number of hydrogen-bond donors (Lipinski definition) is 1. The van der Waals surface area contributed by atoms with Crippen LogP contribution in [0.5, 0.6) is 5.75 Å². The number of carbonyl (C=O) groups excluding carboxylic acids is 1. The minimum Gasteiger partial charge on any atom is -0.497 e. The van der Waals surface area contributed by atoms with E-state index in [4.69, 9.17) is 4.74 Å². The Balaban J connectivity index is 1.91. The Morgan fingerprint density at radius 1 is 1.47 bits per heavy atom. The summed E-state index contributed by atoms with van der Waals surface area (Å²) in [6, 6.07) is 6.86. The molecule has 6 heteroatoms. The van der Waals surface area contributed by atoms with Crippen LogP contribution >= 0.6 is 0 Å². The zero-order valence-electron chi connectivity index (χ0n) is 10.8. The number of ether oxygens (including phenoxy) is 1. The molecule has 0 aromatic heterocycles. The van der Waals surface area contributed by atoms with E-state index in [1.165, 1.54) is 0 Å². The lowest BCUT2D eigenvalue weighted by atomic mass is 10.1. The van der Waals surface area contributed by atoms with Crippen LogP contribution in [-0.4, -0.2) is 39.5 Å². The van der Waals surface area contributed by atoms with Gasteiger partial charge in [0.05, 0.1) is 18.6 Å². The molecule has 0 bridgehead atoms. The minimum absolute atomic E-state index is 0.0274. The van der Waals surface area contributed by atoms with Crippen molar-refractivity contribution < 1.29 is 17.9 Å². The van der Waals surface area contributed by atoms with Crippen molar-refractivity contribution in [2.45, 2.75) is 6.42 Å². The molecule has 1 aromatic carbocycles. The predicted molar refractivity (Wildman–Crippen MR) is 72.1 cm³/mol. The largest absolute Gasteiger partial charge is 0.497 e. The van der Waals surface area contributed by atoms with E-state index in [1.54, 1.807) is 31.4 Å². The Bertz CT molecular complexity index is 568. The number of nitrogens with one attached hydrogen (secondary N) is 1. The number of methoxy groups -OCH3 is 1. The Morgan fingerprint density at radius 2 is 2.26 bits per heavy atom. The monoisotopic (exact) mass is 283 g/mol. The highest BCUT2D eigenvalue weighted by Gasteiger charge is 2.27. The van der Waals surface area contributed by atoms with Crippen molar-refractivity contribution in [1.29, 1.82) is 0 Å². The van der Waals surface area contributed by atoms with Crippen LogP contribution < -0.4 is 10.1 Å². The van der Waals surface area contributed by atoms with Crippen LogP contribution in [0.3, 0.4) is 0 Å². The molecule has 1 amide bonds. The van der Waals surface area contributed by atoms with Crippen molar-refractivity contribution >= 4 is 15.7 Å². The van der Waals surface area contributed by atoms with E-state index in [1.807, 2.05) is 0 Å². The van der Waals surface area contributed by atoms with E-state index >= 15 is 0 Å². The molecule has 0 saturated carbocycles. The lowest BCUT2D eigenvalue weighted by Gasteiger charge is -2.10. The van der Waals surface area contributed by atoms with Gasteiger partial charge in [-0.15, -0.1) is 0 Å². The van der Waals surface area contributed by atoms with Crippen molar-refractivity contribution in [2.24, 2.45) is 5.92 Å². The van der Waals surface area contributed by atoms with E-state index in [9.17, 15) is 13.2 Å². The van der Waals surface area contributed by atoms with Crippen LogP contribution in [0.2, 0.25) is 0 Å². The number of hydrogen-bond acceptors (Lipinski definition) is 4. The molecule has 1 aromatic rings. The third-order valence-corrected chi connectivity index (χ3v) is 5.05. The third kappa shape index (κ3) is 3.70. The van der Waals surface area contributed by atoms with Gasteiger partial charge in [-0.1, -0.05) is 6.07 Å². The van der Waals surface area contributed by atoms with Crippen LogP contribution in [0.1, 0.15) is 16.8 Å². The maximum atomic E-state index is 11.9. The highest BCUT2D eigenvalue weighted by atomic mass is 32.2. The van der Waals surface area contributed by atoms with E-state index in [-0.39, 0.29) is 23.3 Å². The standard InChI is InChI=1S/C13H17NO4S/c1-18-12-4-2-3-11(7-12)13(15)14-8-10-5-6-19(16,17)9-10/h2-4,7,10H,5-6,8-9H2,1H3,(H,14,15)/t10-/m1/s1. The number of benzene rings is 1. The van der Waals surface area contributed by atoms with E-state index in [0.29, 0.717) is 24.3 Å². The summed E-state index contributed by atoms with van der Waals surface area (Å²) in [5.74, 6) is 0.844. The SMILES string of the molecule is COc1cccc(C(=O)NC[C@H]2CCS(=O)(=O)C2)c1. The lowest BCUT2D eigenvalue weighted by Crippen LogP contribution is -2.29. The van der Waals surface area contributed by atoms with Crippen molar-refractivity contribution in [3.63, 3.8) is 0 Å². The zero-order valence-corrected chi connectivity index (χ0v) is 11.6. The molecule has 1 atom stereocenters. The van der Waals surface area contributed by atoms with Gasteiger partial charge in [-0.3, -0.25) is 4.79 Å². The first-order valence-corrected chi connectivity index (χ1v) is 7.95. The zero-order chi connectivity index (χ0) is 13.9. The average Bonchev–Trinajstić information content (AvgIpc) is 2.75. The lowest BCUT2D eigenvalue weighted by molar-refractivity contribution is 0.0948. The van der Waals surface area contributed by atoms with E-state index in [2.05, 4.69) is 5.32 Å². The van der Waals surface area contributed by atoms with Gasteiger partial charge in [0.15, 0.2) is 9.84 Å². The van der Waals surface area contributed by atoms with Crippen LogP contribution in [-0.2, 0) is 9.84 Å². The van der Waals surface area contributed by atoms with Gasteiger partial charge in [-0.05, 0) is 30.5 Å². The number of amides is 1. The van der Waals surface area contributed by atoms with Crippen molar-refractivity contribution in [2.75, 3.05) is 25.2 Å². The molecule has 0 radical (unpaired) electrons. The summed E-state index contributed by atoms with van der Waals surface area (Å²) in [6.07, 6.45) is 0.626. The molecule has 1 aliphatic heterocycles. The van der Waals surface area contributed by atoms with Crippen molar-refractivity contribution in [3.8, 4) is 5.75 Å². The van der Waals surface area contributed by atoms with Crippen LogP contribution in [0.25, 0.3) is 0 Å². The summed E-state index contributed by atoms with van der Waals surface area (Å²) >= 11 is 0. The summed E-state index contributed by atoms with van der Waals surface area (Å²) in [5, 5.41) is 2.77. The molecule has 1 aliphatic rings. The molecular weight excluding hydrogens is 266 g/mol. The van der Waals surface area contributed by atoms with Gasteiger partial charge >= 0.3 is 0 Å². The summed E-state index contributed by atoms with van der Waals surface area (Å²) in [7, 11) is -1.35. The fourth-order valence-corrected chi connectivity index (χ4v) is 4.00. The summed E-state index contributed by atoms with van der Waals surface area (Å²) < 4.78 is 27.7. The van der Waals surface area contributed by atoms with Gasteiger partial charge in [0.2, 0.25) is 0 Å². The van der Waals surface area contributed by atoms with Crippen molar-refractivity contribution in [1.82, 2.24) is 5.32 Å². The second kappa shape index (κ2) is 5.61. The molecule has 104 valence electrons. The first kappa shape index (κ1) is 13.9. The number of rotatable bonds is 4. The minimum atomic E-state index is -2.89. The van der Waals surface area contributed by atoms with Gasteiger partial charge in [-0.25, -0.2) is 8.42 Å². The van der Waals surface area contributed by atoms with Crippen molar-refractivity contribution in [3.05, 3.63) is 29.8 Å². The Morgan fingerprint density at radius 3 is 2.89 bits per heavy atom. The molecule has 19 heavy (non-hydrogen) atoms. The predicted octanol–water partition coefficient (Wildman–Crippen LogP) is 0.860. The molecule has 1 fully saturated rings. The van der Waals surface area contributed by atoms with E-state index < -0.39 is 9.84 Å². The van der Waals surface area contributed by atoms with Gasteiger partial charge in [0, 0.05) is 12.1 Å². The molecule has 0 unspecified atom stereocenters. The highest BCUT2D eigenvalue weighted by Crippen LogP contribution is 2.18. The quantitative estimate of drug-likeness (QED) is 0.889. The van der Waals surface area contributed by atoms with Gasteiger partial charge in [0.25, 0.3) is 5.91 Å². The van der Waals surface area contributed by atoms with E-state index in [0.717, 1.165) is 0 Å². The maximum absolute atomic E-state index is 11.9. The van der Waals surface area contributed by atoms with Gasteiger partial charge in [0.1, 0.15) is 5.75 Å². The van der Waals surface area contributed by atoms with Crippen LogP contribution in [0.15, 0.2) is 24.3 Å². The fourth-order valence-electron chi connectivity index (χ4n) is 2.14. The second-order valence-electron chi connectivity index (χ2n) is 4.71. The molecule has 5 nitrogen and oxygen atoms in total. The fraction of sp³-hybridized carbons (Fsp3) is 0.462. The first-order chi connectivity index (χ1) is 9.00. The molecular formula is C13H17NO4S. The number of sulfone groups is 1. The Kier molecular flexibility index (Phi) is 4.09. The second-order valence-corrected chi connectivity index (χ2v) is 6.94. The Labute approximate surface area is 112 Å². The molecule has 0 spiro atoms.